The van der Waals surface area contributed by atoms with E-state index in [2.05, 4.69) is 10.6 Å². The van der Waals surface area contributed by atoms with Gasteiger partial charge >= 0.3 is 6.03 Å². The lowest BCUT2D eigenvalue weighted by atomic mass is 9.90. The predicted octanol–water partition coefficient (Wildman–Crippen LogP) is -0.171. The average Bonchev–Trinajstić information content (AvgIpc) is 1.85. The summed E-state index contributed by atoms with van der Waals surface area (Å²) >= 11 is 0. The molecule has 4 nitrogen and oxygen atoms in total. The summed E-state index contributed by atoms with van der Waals surface area (Å²) in [6.45, 7) is 2.51. The molecule has 0 heterocycles. The van der Waals surface area contributed by atoms with E-state index in [9.17, 15) is 4.79 Å². The summed E-state index contributed by atoms with van der Waals surface area (Å²) in [7, 11) is 0. The quantitative estimate of drug-likeness (QED) is 0.522. The maximum absolute atomic E-state index is 10.8. The van der Waals surface area contributed by atoms with Crippen LogP contribution in [-0.4, -0.2) is 29.8 Å². The van der Waals surface area contributed by atoms with Crippen LogP contribution in [0.3, 0.4) is 0 Å². The van der Waals surface area contributed by atoms with Crippen LogP contribution in [-0.2, 0) is 0 Å². The van der Waals surface area contributed by atoms with Crippen molar-refractivity contribution >= 4 is 6.03 Å². The van der Waals surface area contributed by atoms with Crippen molar-refractivity contribution in [2.24, 2.45) is 0 Å². The van der Waals surface area contributed by atoms with Gasteiger partial charge in [0.1, 0.15) is 0 Å². The Labute approximate surface area is 66.0 Å². The molecule has 64 valence electrons. The van der Waals surface area contributed by atoms with Gasteiger partial charge in [0, 0.05) is 12.6 Å². The highest BCUT2D eigenvalue weighted by atomic mass is 16.3. The fraction of sp³-hybridized carbons (Fsp3) is 0.857. The van der Waals surface area contributed by atoms with Gasteiger partial charge in [-0.05, 0) is 19.8 Å². The van der Waals surface area contributed by atoms with Crippen LogP contribution in [0.2, 0.25) is 0 Å². The maximum Gasteiger partial charge on any atom is 0.314 e. The van der Waals surface area contributed by atoms with Crippen molar-refractivity contribution in [2.75, 3.05) is 6.54 Å². The minimum atomic E-state index is -0.207. The fourth-order valence-corrected chi connectivity index (χ4v) is 1.10. The molecule has 0 bridgehead atoms. The molecule has 0 atom stereocenters. The largest absolute Gasteiger partial charge is 0.393 e. The lowest BCUT2D eigenvalue weighted by Crippen LogP contribution is -2.50. The first-order valence-electron chi connectivity index (χ1n) is 3.94. The Morgan fingerprint density at radius 2 is 2.27 bits per heavy atom. The van der Waals surface area contributed by atoms with Crippen LogP contribution >= 0.6 is 0 Å². The number of urea groups is 1. The summed E-state index contributed by atoms with van der Waals surface area (Å²) in [6, 6.07) is 0.0425. The third-order valence-electron chi connectivity index (χ3n) is 1.79. The number of nitrogens with one attached hydrogen (secondary N) is 2. The Morgan fingerprint density at radius 3 is 2.73 bits per heavy atom. The van der Waals surface area contributed by atoms with Crippen LogP contribution in [0, 0.1) is 0 Å². The van der Waals surface area contributed by atoms with Crippen molar-refractivity contribution < 1.29 is 9.90 Å². The molecule has 0 aromatic carbocycles. The minimum Gasteiger partial charge on any atom is -0.393 e. The minimum absolute atomic E-state index is 0.135. The molecule has 1 saturated carbocycles. The molecule has 0 radical (unpaired) electrons. The predicted molar refractivity (Wildman–Crippen MR) is 41.2 cm³/mol. The molecular weight excluding hydrogens is 144 g/mol. The van der Waals surface area contributed by atoms with Crippen LogP contribution in [0.15, 0.2) is 0 Å². The van der Waals surface area contributed by atoms with Crippen LogP contribution in [0.4, 0.5) is 4.79 Å². The van der Waals surface area contributed by atoms with Gasteiger partial charge in [-0.1, -0.05) is 0 Å². The molecule has 1 aliphatic carbocycles. The second-order valence-corrected chi connectivity index (χ2v) is 2.83. The van der Waals surface area contributed by atoms with Gasteiger partial charge in [0.2, 0.25) is 0 Å². The van der Waals surface area contributed by atoms with E-state index in [-0.39, 0.29) is 18.2 Å². The lowest BCUT2D eigenvalue weighted by molar-refractivity contribution is 0.0663. The molecule has 0 spiro atoms. The van der Waals surface area contributed by atoms with Gasteiger partial charge in [-0.15, -0.1) is 0 Å². The van der Waals surface area contributed by atoms with Gasteiger partial charge in [0.25, 0.3) is 0 Å². The average molecular weight is 158 g/mol. The van der Waals surface area contributed by atoms with Crippen LogP contribution in [0.1, 0.15) is 19.8 Å². The van der Waals surface area contributed by atoms with Crippen molar-refractivity contribution in [3.05, 3.63) is 0 Å². The van der Waals surface area contributed by atoms with E-state index in [1.807, 2.05) is 6.92 Å². The highest BCUT2D eigenvalue weighted by Crippen LogP contribution is 2.18. The second-order valence-electron chi connectivity index (χ2n) is 2.83. The van der Waals surface area contributed by atoms with Gasteiger partial charge in [0.15, 0.2) is 0 Å². The fourth-order valence-electron chi connectivity index (χ4n) is 1.10. The Morgan fingerprint density at radius 1 is 1.64 bits per heavy atom. The number of amides is 2. The standard InChI is InChI=1S/C7H14N2O2/c1-2-8-7(11)9-5-3-6(10)4-5/h5-6,10H,2-4H2,1H3,(H2,8,9,11). The van der Waals surface area contributed by atoms with Crippen molar-refractivity contribution in [3.63, 3.8) is 0 Å². The van der Waals surface area contributed by atoms with Gasteiger partial charge in [-0.25, -0.2) is 4.79 Å². The lowest BCUT2D eigenvalue weighted by Gasteiger charge is -2.31. The SMILES string of the molecule is CCNC(=O)NC1CC(O)C1. The number of aliphatic hydroxyl groups is 1. The summed E-state index contributed by atoms with van der Waals surface area (Å²) in [5.41, 5.74) is 0. The summed E-state index contributed by atoms with van der Waals surface area (Å²) in [5, 5.41) is 14.3. The number of rotatable bonds is 2. The molecular formula is C7H14N2O2. The highest BCUT2D eigenvalue weighted by Gasteiger charge is 2.27. The molecule has 0 saturated heterocycles. The molecule has 3 N–H and O–H groups in total. The number of hydrogen-bond donors (Lipinski definition) is 3. The van der Waals surface area contributed by atoms with Crippen LogP contribution in [0.5, 0.6) is 0 Å². The molecule has 1 rings (SSSR count). The Kier molecular flexibility index (Phi) is 2.70. The first-order chi connectivity index (χ1) is 5.22. The maximum atomic E-state index is 10.8. The van der Waals surface area contributed by atoms with E-state index >= 15 is 0 Å². The number of hydrogen-bond acceptors (Lipinski definition) is 2. The smallest absolute Gasteiger partial charge is 0.314 e. The highest BCUT2D eigenvalue weighted by molar-refractivity contribution is 5.74. The molecule has 1 fully saturated rings. The third kappa shape index (κ3) is 2.38. The Hall–Kier alpha value is -0.770. The van der Waals surface area contributed by atoms with Gasteiger partial charge < -0.3 is 15.7 Å². The topological polar surface area (TPSA) is 61.4 Å². The third-order valence-corrected chi connectivity index (χ3v) is 1.79. The van der Waals surface area contributed by atoms with E-state index in [4.69, 9.17) is 5.11 Å². The monoisotopic (exact) mass is 158 g/mol. The van der Waals surface area contributed by atoms with E-state index < -0.39 is 0 Å². The zero-order valence-corrected chi connectivity index (χ0v) is 6.63. The molecule has 0 aromatic rings. The van der Waals surface area contributed by atoms with Crippen molar-refractivity contribution in [1.82, 2.24) is 10.6 Å². The van der Waals surface area contributed by atoms with Crippen LogP contribution in [0.25, 0.3) is 0 Å². The molecule has 2 amide bonds. The molecule has 0 aliphatic heterocycles. The second kappa shape index (κ2) is 3.57. The first kappa shape index (κ1) is 8.33. The van der Waals surface area contributed by atoms with E-state index in [0.717, 1.165) is 0 Å². The molecule has 11 heavy (non-hydrogen) atoms. The Bertz CT molecular complexity index is 143. The molecule has 0 aromatic heterocycles. The summed E-state index contributed by atoms with van der Waals surface area (Å²) < 4.78 is 0. The van der Waals surface area contributed by atoms with Gasteiger partial charge in [-0.2, -0.15) is 0 Å². The number of carbonyl (C=O) groups is 1. The Balaban J connectivity index is 2.07. The van der Waals surface area contributed by atoms with Gasteiger partial charge in [-0.3, -0.25) is 0 Å². The zero-order valence-electron chi connectivity index (χ0n) is 6.63. The zero-order chi connectivity index (χ0) is 8.27. The summed E-state index contributed by atoms with van der Waals surface area (Å²) in [6.07, 6.45) is 1.18. The van der Waals surface area contributed by atoms with Crippen molar-refractivity contribution in [1.29, 1.82) is 0 Å². The van der Waals surface area contributed by atoms with Crippen molar-refractivity contribution in [3.8, 4) is 0 Å². The van der Waals surface area contributed by atoms with E-state index in [0.29, 0.717) is 19.4 Å². The first-order valence-corrected chi connectivity index (χ1v) is 3.94. The normalized spacial score (nSPS) is 28.9. The molecule has 0 unspecified atom stereocenters. The van der Waals surface area contributed by atoms with Crippen molar-refractivity contribution in [2.45, 2.75) is 31.9 Å². The summed E-state index contributed by atoms with van der Waals surface area (Å²) in [5.74, 6) is 0. The molecule has 1 aliphatic rings. The van der Waals surface area contributed by atoms with Gasteiger partial charge in [0.05, 0.1) is 6.10 Å². The summed E-state index contributed by atoms with van der Waals surface area (Å²) in [4.78, 5) is 10.8. The van der Waals surface area contributed by atoms with E-state index in [1.54, 1.807) is 0 Å². The van der Waals surface area contributed by atoms with E-state index in [1.165, 1.54) is 0 Å². The number of aliphatic hydroxyl groups excluding tert-OH is 1. The number of carbonyl (C=O) groups excluding carboxylic acids is 1. The molecule has 4 heteroatoms. The van der Waals surface area contributed by atoms with Crippen LogP contribution < -0.4 is 10.6 Å².